The Bertz CT molecular complexity index is 469. The van der Waals surface area contributed by atoms with Crippen LogP contribution in [0.1, 0.15) is 45.7 Å². The van der Waals surface area contributed by atoms with Crippen LogP contribution in [0.2, 0.25) is 0 Å². The average molecular weight is 298 g/mol. The number of aliphatic hydroxyl groups excluding tert-OH is 1. The lowest BCUT2D eigenvalue weighted by molar-refractivity contribution is -0.384. The summed E-state index contributed by atoms with van der Waals surface area (Å²) in [5, 5.41) is 28.6. The molecule has 7 heteroatoms. The first kappa shape index (κ1) is 17.4. The van der Waals surface area contributed by atoms with Gasteiger partial charge in [0.2, 0.25) is 5.82 Å². The van der Waals surface area contributed by atoms with Crippen LogP contribution < -0.4 is 5.32 Å². The third kappa shape index (κ3) is 4.17. The van der Waals surface area contributed by atoms with Crippen molar-refractivity contribution in [3.63, 3.8) is 0 Å². The maximum atomic E-state index is 11.2. The summed E-state index contributed by atoms with van der Waals surface area (Å²) in [4.78, 5) is 10.8. The SMILES string of the molecule is CCCn1nc(C)c([N+](=O)[O-])c1NCC(O)C(CC)CC. The molecule has 0 aliphatic carbocycles. The number of anilines is 1. The molecule has 21 heavy (non-hydrogen) atoms. The van der Waals surface area contributed by atoms with Crippen molar-refractivity contribution in [3.05, 3.63) is 15.8 Å². The first-order chi connectivity index (χ1) is 9.96. The van der Waals surface area contributed by atoms with Crippen LogP contribution >= 0.6 is 0 Å². The summed E-state index contributed by atoms with van der Waals surface area (Å²) in [5.41, 5.74) is 0.396. The van der Waals surface area contributed by atoms with Crippen molar-refractivity contribution in [2.24, 2.45) is 5.92 Å². The fourth-order valence-corrected chi connectivity index (χ4v) is 2.54. The van der Waals surface area contributed by atoms with Crippen LogP contribution in [0.25, 0.3) is 0 Å². The van der Waals surface area contributed by atoms with E-state index in [1.54, 1.807) is 11.6 Å². The molecule has 1 aromatic rings. The molecule has 1 atom stereocenters. The number of aromatic nitrogens is 2. The molecule has 1 heterocycles. The highest BCUT2D eigenvalue weighted by Gasteiger charge is 2.26. The first-order valence-corrected chi connectivity index (χ1v) is 7.59. The van der Waals surface area contributed by atoms with E-state index in [9.17, 15) is 15.2 Å². The van der Waals surface area contributed by atoms with Crippen LogP contribution in [0.3, 0.4) is 0 Å². The number of aryl methyl sites for hydroxylation is 2. The van der Waals surface area contributed by atoms with Gasteiger partial charge in [-0.1, -0.05) is 33.6 Å². The van der Waals surface area contributed by atoms with E-state index in [1.165, 1.54) is 0 Å². The molecule has 0 amide bonds. The Balaban J connectivity index is 2.92. The number of nitrogens with zero attached hydrogens (tertiary/aromatic N) is 3. The minimum absolute atomic E-state index is 0.000182. The lowest BCUT2D eigenvalue weighted by Gasteiger charge is -2.20. The van der Waals surface area contributed by atoms with E-state index in [-0.39, 0.29) is 11.6 Å². The summed E-state index contributed by atoms with van der Waals surface area (Å²) in [6.45, 7) is 8.59. The summed E-state index contributed by atoms with van der Waals surface area (Å²) < 4.78 is 1.62. The second-order valence-electron chi connectivity index (χ2n) is 5.29. The van der Waals surface area contributed by atoms with Crippen molar-refractivity contribution < 1.29 is 10.0 Å². The second-order valence-corrected chi connectivity index (χ2v) is 5.29. The van der Waals surface area contributed by atoms with Crippen LogP contribution in [-0.2, 0) is 6.54 Å². The molecule has 0 radical (unpaired) electrons. The quantitative estimate of drug-likeness (QED) is 0.540. The third-order valence-electron chi connectivity index (χ3n) is 3.79. The molecular formula is C14H26N4O3. The van der Waals surface area contributed by atoms with E-state index in [0.29, 0.717) is 24.6 Å². The highest BCUT2D eigenvalue weighted by Crippen LogP contribution is 2.28. The Morgan fingerprint density at radius 1 is 1.38 bits per heavy atom. The van der Waals surface area contributed by atoms with Gasteiger partial charge in [-0.05, 0) is 19.3 Å². The first-order valence-electron chi connectivity index (χ1n) is 7.59. The molecule has 0 saturated heterocycles. The third-order valence-corrected chi connectivity index (χ3v) is 3.79. The zero-order chi connectivity index (χ0) is 16.0. The van der Waals surface area contributed by atoms with Gasteiger partial charge < -0.3 is 10.4 Å². The molecule has 2 N–H and O–H groups in total. The molecule has 1 rings (SSSR count). The van der Waals surface area contributed by atoms with Gasteiger partial charge in [0, 0.05) is 13.1 Å². The van der Waals surface area contributed by atoms with Gasteiger partial charge in [-0.2, -0.15) is 5.10 Å². The van der Waals surface area contributed by atoms with Crippen LogP contribution in [-0.4, -0.2) is 32.5 Å². The van der Waals surface area contributed by atoms with Crippen molar-refractivity contribution in [3.8, 4) is 0 Å². The van der Waals surface area contributed by atoms with Crippen molar-refractivity contribution in [1.29, 1.82) is 0 Å². The Morgan fingerprint density at radius 3 is 2.48 bits per heavy atom. The van der Waals surface area contributed by atoms with Gasteiger partial charge in [0.05, 0.1) is 11.0 Å². The molecule has 120 valence electrons. The molecule has 0 aliphatic rings. The zero-order valence-electron chi connectivity index (χ0n) is 13.3. The summed E-state index contributed by atoms with van der Waals surface area (Å²) in [6, 6.07) is 0. The molecule has 0 aromatic carbocycles. The molecule has 1 unspecified atom stereocenters. The van der Waals surface area contributed by atoms with Gasteiger partial charge in [0.1, 0.15) is 5.69 Å². The second kappa shape index (κ2) is 7.97. The maximum Gasteiger partial charge on any atom is 0.333 e. The highest BCUT2D eigenvalue weighted by atomic mass is 16.6. The molecule has 0 bridgehead atoms. The number of rotatable bonds is 9. The van der Waals surface area contributed by atoms with Crippen LogP contribution in [0.15, 0.2) is 0 Å². The molecule has 0 aliphatic heterocycles. The minimum atomic E-state index is -0.523. The van der Waals surface area contributed by atoms with E-state index in [4.69, 9.17) is 0 Å². The standard InChI is InChI=1S/C14H26N4O3/c1-5-8-17-14(13(18(20)21)10(4)16-17)15-9-12(19)11(6-2)7-3/h11-12,15,19H,5-9H2,1-4H3. The van der Waals surface area contributed by atoms with Crippen LogP contribution in [0, 0.1) is 23.0 Å². The van der Waals surface area contributed by atoms with E-state index in [2.05, 4.69) is 10.4 Å². The van der Waals surface area contributed by atoms with Gasteiger partial charge in [0.15, 0.2) is 0 Å². The molecule has 0 fully saturated rings. The monoisotopic (exact) mass is 298 g/mol. The van der Waals surface area contributed by atoms with Gasteiger partial charge in [-0.15, -0.1) is 0 Å². The van der Waals surface area contributed by atoms with Crippen LogP contribution in [0.5, 0.6) is 0 Å². The van der Waals surface area contributed by atoms with Gasteiger partial charge >= 0.3 is 5.69 Å². The van der Waals surface area contributed by atoms with Gasteiger partial charge in [0.25, 0.3) is 0 Å². The summed E-state index contributed by atoms with van der Waals surface area (Å²) in [5.74, 6) is 0.588. The van der Waals surface area contributed by atoms with E-state index in [1.807, 2.05) is 20.8 Å². The normalized spacial score (nSPS) is 12.7. The number of aliphatic hydroxyl groups is 1. The average Bonchev–Trinajstić information content (AvgIpc) is 2.74. The predicted octanol–water partition coefficient (Wildman–Crippen LogP) is 2.72. The zero-order valence-corrected chi connectivity index (χ0v) is 13.3. The Kier molecular flexibility index (Phi) is 6.61. The molecule has 7 nitrogen and oxygen atoms in total. The number of nitrogens with one attached hydrogen (secondary N) is 1. The predicted molar refractivity (Wildman–Crippen MR) is 82.5 cm³/mol. The molecular weight excluding hydrogens is 272 g/mol. The summed E-state index contributed by atoms with van der Waals surface area (Å²) in [7, 11) is 0. The van der Waals surface area contributed by atoms with Crippen molar-refractivity contribution in [2.45, 2.75) is 59.6 Å². The summed E-state index contributed by atoms with van der Waals surface area (Å²) >= 11 is 0. The maximum absolute atomic E-state index is 11.2. The molecule has 1 aromatic heterocycles. The molecule has 0 spiro atoms. The van der Waals surface area contributed by atoms with Crippen molar-refractivity contribution in [1.82, 2.24) is 9.78 Å². The van der Waals surface area contributed by atoms with Crippen LogP contribution in [0.4, 0.5) is 11.5 Å². The lowest BCUT2D eigenvalue weighted by atomic mass is 9.96. The number of hydrogen-bond donors (Lipinski definition) is 2. The van der Waals surface area contributed by atoms with Gasteiger partial charge in [-0.25, -0.2) is 4.68 Å². The lowest BCUT2D eigenvalue weighted by Crippen LogP contribution is -2.28. The van der Waals surface area contributed by atoms with E-state index < -0.39 is 11.0 Å². The van der Waals surface area contributed by atoms with Gasteiger partial charge in [-0.3, -0.25) is 10.1 Å². The smallest absolute Gasteiger partial charge is 0.333 e. The fourth-order valence-electron chi connectivity index (χ4n) is 2.54. The summed E-state index contributed by atoms with van der Waals surface area (Å²) in [6.07, 6.45) is 2.08. The number of nitro groups is 1. The Labute approximate surface area is 125 Å². The largest absolute Gasteiger partial charge is 0.391 e. The van der Waals surface area contributed by atoms with E-state index >= 15 is 0 Å². The van der Waals surface area contributed by atoms with Crippen molar-refractivity contribution >= 4 is 11.5 Å². The van der Waals surface area contributed by atoms with Crippen molar-refractivity contribution in [2.75, 3.05) is 11.9 Å². The fraction of sp³-hybridized carbons (Fsp3) is 0.786. The Morgan fingerprint density at radius 2 is 2.00 bits per heavy atom. The number of hydrogen-bond acceptors (Lipinski definition) is 5. The highest BCUT2D eigenvalue weighted by molar-refractivity contribution is 5.59. The minimum Gasteiger partial charge on any atom is -0.391 e. The topological polar surface area (TPSA) is 93.2 Å². The Hall–Kier alpha value is -1.63. The molecule has 0 saturated carbocycles. The van der Waals surface area contributed by atoms with E-state index in [0.717, 1.165) is 19.3 Å².